The van der Waals surface area contributed by atoms with Crippen LogP contribution in [0.4, 0.5) is 17.6 Å². The molecule has 36 heavy (non-hydrogen) atoms. The van der Waals surface area contributed by atoms with Gasteiger partial charge in [-0.05, 0) is 86.5 Å². The number of ether oxygens (including phenoxy) is 3. The Labute approximate surface area is 210 Å². The van der Waals surface area contributed by atoms with Crippen LogP contribution in [0.25, 0.3) is 0 Å². The summed E-state index contributed by atoms with van der Waals surface area (Å²) in [7, 11) is 0. The zero-order valence-electron chi connectivity index (χ0n) is 19.5. The molecular weight excluding hydrogens is 500 g/mol. The van der Waals surface area contributed by atoms with Crippen molar-refractivity contribution in [2.75, 3.05) is 12.4 Å². The molecule has 0 amide bonds. The second kappa shape index (κ2) is 12.0. The van der Waals surface area contributed by atoms with Crippen molar-refractivity contribution < 1.29 is 41.7 Å². The molecule has 1 atom stereocenters. The molecule has 3 aromatic rings. The molecule has 1 N–H and O–H groups in total. The Kier molecular flexibility index (Phi) is 9.08. The Morgan fingerprint density at radius 3 is 2.33 bits per heavy atom. The van der Waals surface area contributed by atoms with Gasteiger partial charge in [-0.1, -0.05) is 0 Å². The fraction of sp³-hybridized carbons (Fsp3) is 0.269. The molecule has 0 bridgehead atoms. The van der Waals surface area contributed by atoms with Crippen LogP contribution in [0, 0.1) is 12.7 Å². The number of rotatable bonds is 11. The van der Waals surface area contributed by atoms with Crippen LogP contribution in [0.2, 0.25) is 0 Å². The van der Waals surface area contributed by atoms with Gasteiger partial charge in [-0.2, -0.15) is 13.2 Å². The van der Waals surface area contributed by atoms with Gasteiger partial charge < -0.3 is 19.3 Å². The van der Waals surface area contributed by atoms with Crippen LogP contribution in [-0.2, 0) is 11.0 Å². The van der Waals surface area contributed by atoms with Gasteiger partial charge in [0, 0.05) is 10.6 Å². The number of alkyl halides is 3. The average molecular weight is 525 g/mol. The van der Waals surface area contributed by atoms with Gasteiger partial charge >= 0.3 is 12.1 Å². The summed E-state index contributed by atoms with van der Waals surface area (Å²) in [4.78, 5) is 11.6. The van der Waals surface area contributed by atoms with Crippen molar-refractivity contribution >= 4 is 17.7 Å². The summed E-state index contributed by atoms with van der Waals surface area (Å²) in [5.74, 6) is -0.203. The van der Waals surface area contributed by atoms with Gasteiger partial charge in [0.15, 0.2) is 18.1 Å². The van der Waals surface area contributed by atoms with Crippen molar-refractivity contribution in [2.45, 2.75) is 37.4 Å². The Morgan fingerprint density at radius 2 is 1.69 bits per heavy atom. The van der Waals surface area contributed by atoms with E-state index in [4.69, 9.17) is 19.3 Å². The number of hydrogen-bond donors (Lipinski definition) is 1. The van der Waals surface area contributed by atoms with Gasteiger partial charge in [0.1, 0.15) is 17.3 Å². The first-order valence-electron chi connectivity index (χ1n) is 10.9. The lowest BCUT2D eigenvalue weighted by Crippen LogP contribution is -2.14. The fourth-order valence-electron chi connectivity index (χ4n) is 3.12. The van der Waals surface area contributed by atoms with Crippen molar-refractivity contribution in [3.8, 4) is 23.0 Å². The maximum absolute atomic E-state index is 13.2. The Balaban J connectivity index is 1.63. The van der Waals surface area contributed by atoms with Gasteiger partial charge in [0.2, 0.25) is 0 Å². The van der Waals surface area contributed by atoms with Crippen LogP contribution in [0.3, 0.4) is 0 Å². The third-order valence-corrected chi connectivity index (χ3v) is 5.96. The van der Waals surface area contributed by atoms with E-state index in [1.165, 1.54) is 18.2 Å². The SMILES string of the molecule is Cc1cc(SCCC(C)Oc2ccc(C(F)(F)F)cc2Oc2ccc(F)cc2)ccc1OCC(=O)O. The van der Waals surface area contributed by atoms with Crippen molar-refractivity contribution in [1.82, 2.24) is 0 Å². The molecule has 0 fully saturated rings. The Bertz CT molecular complexity index is 1180. The van der Waals surface area contributed by atoms with Gasteiger partial charge in [0.25, 0.3) is 0 Å². The highest BCUT2D eigenvalue weighted by Crippen LogP contribution is 2.39. The molecule has 0 aliphatic rings. The van der Waals surface area contributed by atoms with Crippen LogP contribution in [0.1, 0.15) is 24.5 Å². The fourth-order valence-corrected chi connectivity index (χ4v) is 4.23. The predicted octanol–water partition coefficient (Wildman–Crippen LogP) is 7.36. The standard InChI is InChI=1S/C26H24F4O5S/c1-16-13-21(8-10-22(16)33-15-25(31)32)36-12-11-17(2)34-23-9-3-18(26(28,29)30)14-24(23)35-20-6-4-19(27)5-7-20/h3-10,13-14,17H,11-12,15H2,1-2H3,(H,31,32). The number of carboxylic acid groups (broad SMARTS) is 1. The van der Waals surface area contributed by atoms with Crippen LogP contribution in [-0.4, -0.2) is 29.5 Å². The number of thioether (sulfide) groups is 1. The topological polar surface area (TPSA) is 65.0 Å². The molecule has 0 radical (unpaired) electrons. The van der Waals surface area contributed by atoms with Gasteiger partial charge in [-0.15, -0.1) is 11.8 Å². The van der Waals surface area contributed by atoms with Crippen molar-refractivity contribution in [1.29, 1.82) is 0 Å². The van der Waals surface area contributed by atoms with E-state index in [1.807, 2.05) is 19.1 Å². The van der Waals surface area contributed by atoms with E-state index in [-0.39, 0.29) is 23.4 Å². The minimum atomic E-state index is -4.56. The zero-order valence-corrected chi connectivity index (χ0v) is 20.3. The summed E-state index contributed by atoms with van der Waals surface area (Å²) in [6.07, 6.45) is -4.32. The normalized spacial score (nSPS) is 12.2. The molecule has 0 aromatic heterocycles. The van der Waals surface area contributed by atoms with Gasteiger partial charge in [-0.25, -0.2) is 9.18 Å². The van der Waals surface area contributed by atoms with Crippen LogP contribution < -0.4 is 14.2 Å². The van der Waals surface area contributed by atoms with Crippen LogP contribution in [0.5, 0.6) is 23.0 Å². The summed E-state index contributed by atoms with van der Waals surface area (Å²) in [6.45, 7) is 3.20. The van der Waals surface area contributed by atoms with E-state index in [1.54, 1.807) is 24.8 Å². The summed E-state index contributed by atoms with van der Waals surface area (Å²) in [6, 6.07) is 13.3. The molecule has 5 nitrogen and oxygen atoms in total. The minimum Gasteiger partial charge on any atom is -0.487 e. The molecule has 10 heteroatoms. The molecule has 0 heterocycles. The van der Waals surface area contributed by atoms with E-state index in [0.29, 0.717) is 17.9 Å². The number of carbonyl (C=O) groups is 1. The van der Waals surface area contributed by atoms with E-state index in [2.05, 4.69) is 0 Å². The second-order valence-corrected chi connectivity index (χ2v) is 9.06. The average Bonchev–Trinajstić information content (AvgIpc) is 2.80. The van der Waals surface area contributed by atoms with Crippen molar-refractivity contribution in [3.63, 3.8) is 0 Å². The number of halogens is 4. The third-order valence-electron chi connectivity index (χ3n) is 4.93. The van der Waals surface area contributed by atoms with Crippen LogP contribution >= 0.6 is 11.8 Å². The number of aliphatic carboxylic acids is 1. The molecule has 1 unspecified atom stereocenters. The Morgan fingerprint density at radius 1 is 1.00 bits per heavy atom. The zero-order chi connectivity index (χ0) is 26.3. The molecule has 0 aliphatic heterocycles. The maximum atomic E-state index is 13.2. The predicted molar refractivity (Wildman–Crippen MR) is 128 cm³/mol. The highest BCUT2D eigenvalue weighted by molar-refractivity contribution is 7.99. The highest BCUT2D eigenvalue weighted by atomic mass is 32.2. The quantitative estimate of drug-likeness (QED) is 0.209. The monoisotopic (exact) mass is 524 g/mol. The summed E-state index contributed by atoms with van der Waals surface area (Å²) in [5, 5.41) is 8.73. The lowest BCUT2D eigenvalue weighted by atomic mass is 10.2. The third kappa shape index (κ3) is 8.08. The highest BCUT2D eigenvalue weighted by Gasteiger charge is 2.31. The Hall–Kier alpha value is -3.40. The number of hydrogen-bond acceptors (Lipinski definition) is 5. The van der Waals surface area contributed by atoms with E-state index < -0.39 is 30.1 Å². The summed E-state index contributed by atoms with van der Waals surface area (Å²) in [5.41, 5.74) is -0.0841. The maximum Gasteiger partial charge on any atom is 0.416 e. The molecule has 0 aliphatic carbocycles. The van der Waals surface area contributed by atoms with E-state index in [9.17, 15) is 22.4 Å². The molecule has 3 rings (SSSR count). The lowest BCUT2D eigenvalue weighted by molar-refractivity contribution is -0.139. The second-order valence-electron chi connectivity index (χ2n) is 7.89. The molecule has 0 spiro atoms. The summed E-state index contributed by atoms with van der Waals surface area (Å²) >= 11 is 1.55. The first kappa shape index (κ1) is 27.2. The lowest BCUT2D eigenvalue weighted by Gasteiger charge is -2.19. The van der Waals surface area contributed by atoms with Crippen molar-refractivity contribution in [3.05, 3.63) is 77.6 Å². The first-order chi connectivity index (χ1) is 17.0. The van der Waals surface area contributed by atoms with E-state index >= 15 is 0 Å². The number of aryl methyl sites for hydroxylation is 1. The first-order valence-corrected chi connectivity index (χ1v) is 11.9. The molecule has 0 saturated carbocycles. The number of carboxylic acids is 1. The molecule has 192 valence electrons. The largest absolute Gasteiger partial charge is 0.487 e. The molecule has 0 saturated heterocycles. The van der Waals surface area contributed by atoms with Gasteiger partial charge in [0.05, 0.1) is 11.7 Å². The number of benzene rings is 3. The minimum absolute atomic E-state index is 0.122. The summed E-state index contributed by atoms with van der Waals surface area (Å²) < 4.78 is 69.6. The van der Waals surface area contributed by atoms with Crippen molar-refractivity contribution in [2.24, 2.45) is 0 Å². The smallest absolute Gasteiger partial charge is 0.416 e. The van der Waals surface area contributed by atoms with Gasteiger partial charge in [-0.3, -0.25) is 0 Å². The van der Waals surface area contributed by atoms with Crippen LogP contribution in [0.15, 0.2) is 65.6 Å². The molecule has 3 aromatic carbocycles. The molecular formula is C26H24F4O5S. The van der Waals surface area contributed by atoms with E-state index in [0.717, 1.165) is 34.7 Å².